The number of hydrogen-bond donors (Lipinski definition) is 1. The molecule has 0 unspecified atom stereocenters. The molecule has 2 heterocycles. The summed E-state index contributed by atoms with van der Waals surface area (Å²) in [7, 11) is 0. The summed E-state index contributed by atoms with van der Waals surface area (Å²) < 4.78 is 7.50. The smallest absolute Gasteiger partial charge is 0.292 e. The van der Waals surface area contributed by atoms with Crippen molar-refractivity contribution in [3.05, 3.63) is 89.1 Å². The van der Waals surface area contributed by atoms with E-state index < -0.39 is 0 Å². The van der Waals surface area contributed by atoms with Gasteiger partial charge in [-0.2, -0.15) is 0 Å². The normalized spacial score (nSPS) is 11.6. The van der Waals surface area contributed by atoms with Gasteiger partial charge >= 0.3 is 0 Å². The number of benzene rings is 2. The Morgan fingerprint density at radius 3 is 2.52 bits per heavy atom. The molecule has 2 aromatic heterocycles. The number of carbonyl (C=O) groups excluding carboxylic acids is 1. The first-order valence-corrected chi connectivity index (χ1v) is 11.2. The number of furan rings is 1. The van der Waals surface area contributed by atoms with E-state index in [4.69, 9.17) is 9.41 Å². The fourth-order valence-electron chi connectivity index (χ4n) is 3.29. The van der Waals surface area contributed by atoms with Crippen molar-refractivity contribution < 1.29 is 9.21 Å². The SMILES string of the molecule is CCCCn1c(-c2ccc(C)cc2)c(NC(=O)c2ccco2)sc1=Nc1ccccc1. The van der Waals surface area contributed by atoms with Gasteiger partial charge in [-0.15, -0.1) is 0 Å². The molecule has 0 aliphatic carbocycles. The predicted molar refractivity (Wildman–Crippen MR) is 126 cm³/mol. The van der Waals surface area contributed by atoms with Gasteiger partial charge in [-0.3, -0.25) is 4.79 Å². The Hall–Kier alpha value is -3.38. The number of para-hydroxylation sites is 1. The van der Waals surface area contributed by atoms with Crippen molar-refractivity contribution in [3.8, 4) is 11.3 Å². The first-order valence-electron chi connectivity index (χ1n) is 10.4. The fraction of sp³-hybridized carbons (Fsp3) is 0.200. The van der Waals surface area contributed by atoms with Crippen molar-refractivity contribution in [1.82, 2.24) is 4.57 Å². The predicted octanol–water partition coefficient (Wildman–Crippen LogP) is 6.40. The molecule has 0 aliphatic rings. The van der Waals surface area contributed by atoms with Crippen LogP contribution in [-0.2, 0) is 6.54 Å². The number of nitrogens with one attached hydrogen (secondary N) is 1. The standard InChI is InChI=1S/C25H25N3O2S/c1-3-4-16-28-22(19-14-12-18(2)13-15-19)24(27-23(29)21-11-8-17-30-21)31-25(28)26-20-9-6-5-7-10-20/h5-15,17H,3-4,16H2,1-2H3,(H,27,29). The van der Waals surface area contributed by atoms with Crippen LogP contribution in [0.3, 0.4) is 0 Å². The van der Waals surface area contributed by atoms with Gasteiger partial charge in [-0.05, 0) is 37.6 Å². The monoisotopic (exact) mass is 431 g/mol. The van der Waals surface area contributed by atoms with Crippen LogP contribution in [0, 0.1) is 6.92 Å². The molecular formula is C25H25N3O2S. The van der Waals surface area contributed by atoms with Gasteiger partial charge < -0.3 is 14.3 Å². The zero-order valence-electron chi connectivity index (χ0n) is 17.7. The highest BCUT2D eigenvalue weighted by Gasteiger charge is 2.19. The molecule has 0 radical (unpaired) electrons. The lowest BCUT2D eigenvalue weighted by atomic mass is 10.1. The molecule has 6 heteroatoms. The van der Waals surface area contributed by atoms with Gasteiger partial charge in [0, 0.05) is 12.1 Å². The molecule has 0 spiro atoms. The topological polar surface area (TPSA) is 59.5 Å². The van der Waals surface area contributed by atoms with Gasteiger partial charge in [-0.1, -0.05) is 72.7 Å². The zero-order chi connectivity index (χ0) is 21.6. The molecule has 0 bridgehead atoms. The molecule has 4 rings (SSSR count). The Labute approximate surface area is 185 Å². The summed E-state index contributed by atoms with van der Waals surface area (Å²) in [6.07, 6.45) is 3.58. The van der Waals surface area contributed by atoms with Gasteiger partial charge in [0.2, 0.25) is 0 Å². The number of rotatable bonds is 7. The van der Waals surface area contributed by atoms with Crippen LogP contribution in [0.5, 0.6) is 0 Å². The highest BCUT2D eigenvalue weighted by Crippen LogP contribution is 2.32. The molecule has 2 aromatic carbocycles. The molecular weight excluding hydrogens is 406 g/mol. The summed E-state index contributed by atoms with van der Waals surface area (Å²) in [5, 5.41) is 3.81. The third-order valence-electron chi connectivity index (χ3n) is 4.92. The Morgan fingerprint density at radius 1 is 1.06 bits per heavy atom. The van der Waals surface area contributed by atoms with E-state index in [0.29, 0.717) is 0 Å². The molecule has 0 aliphatic heterocycles. The molecule has 1 amide bonds. The molecule has 0 saturated carbocycles. The van der Waals surface area contributed by atoms with Gasteiger partial charge in [0.15, 0.2) is 10.6 Å². The number of nitrogens with zero attached hydrogens (tertiary/aromatic N) is 2. The van der Waals surface area contributed by atoms with Crippen LogP contribution in [0.4, 0.5) is 10.7 Å². The molecule has 0 atom stereocenters. The number of aryl methyl sites for hydroxylation is 1. The highest BCUT2D eigenvalue weighted by molar-refractivity contribution is 7.14. The summed E-state index contributed by atoms with van der Waals surface area (Å²) in [5.74, 6) is 0.0124. The van der Waals surface area contributed by atoms with Gasteiger partial charge in [0.1, 0.15) is 5.00 Å². The van der Waals surface area contributed by atoms with E-state index >= 15 is 0 Å². The molecule has 31 heavy (non-hydrogen) atoms. The number of thiazole rings is 1. The minimum absolute atomic E-state index is 0.270. The van der Waals surface area contributed by atoms with Crippen molar-refractivity contribution in [1.29, 1.82) is 0 Å². The van der Waals surface area contributed by atoms with E-state index in [2.05, 4.69) is 48.0 Å². The van der Waals surface area contributed by atoms with E-state index in [0.717, 1.165) is 46.1 Å². The maximum Gasteiger partial charge on any atom is 0.292 e. The second-order valence-corrected chi connectivity index (χ2v) is 8.29. The third kappa shape index (κ3) is 4.86. The lowest BCUT2D eigenvalue weighted by Crippen LogP contribution is -2.16. The number of amides is 1. The van der Waals surface area contributed by atoms with Crippen molar-refractivity contribution in [2.75, 3.05) is 5.32 Å². The maximum atomic E-state index is 12.8. The summed E-state index contributed by atoms with van der Waals surface area (Å²) in [4.78, 5) is 18.5. The summed E-state index contributed by atoms with van der Waals surface area (Å²) in [6, 6.07) is 21.6. The quantitative estimate of drug-likeness (QED) is 0.368. The van der Waals surface area contributed by atoms with E-state index in [-0.39, 0.29) is 11.7 Å². The average Bonchev–Trinajstić information content (AvgIpc) is 3.42. The van der Waals surface area contributed by atoms with Gasteiger partial charge in [0.05, 0.1) is 17.6 Å². The molecule has 158 valence electrons. The van der Waals surface area contributed by atoms with E-state index in [1.807, 2.05) is 30.3 Å². The second kappa shape index (κ2) is 9.62. The first-order chi connectivity index (χ1) is 15.2. The number of hydrogen-bond acceptors (Lipinski definition) is 4. The molecule has 5 nitrogen and oxygen atoms in total. The van der Waals surface area contributed by atoms with Crippen LogP contribution in [0.15, 0.2) is 82.4 Å². The minimum Gasteiger partial charge on any atom is -0.459 e. The van der Waals surface area contributed by atoms with Gasteiger partial charge in [-0.25, -0.2) is 4.99 Å². The third-order valence-corrected chi connectivity index (χ3v) is 5.92. The summed E-state index contributed by atoms with van der Waals surface area (Å²) in [5.41, 5.74) is 4.08. The minimum atomic E-state index is -0.270. The Kier molecular flexibility index (Phi) is 6.48. The average molecular weight is 432 g/mol. The van der Waals surface area contributed by atoms with Crippen LogP contribution in [0.25, 0.3) is 11.3 Å². The summed E-state index contributed by atoms with van der Waals surface area (Å²) >= 11 is 1.48. The highest BCUT2D eigenvalue weighted by atomic mass is 32.1. The Bertz CT molecular complexity index is 1200. The first kappa shape index (κ1) is 20.9. The lowest BCUT2D eigenvalue weighted by Gasteiger charge is -2.11. The van der Waals surface area contributed by atoms with Crippen LogP contribution in [0.1, 0.15) is 35.9 Å². The summed E-state index contributed by atoms with van der Waals surface area (Å²) in [6.45, 7) is 5.06. The lowest BCUT2D eigenvalue weighted by molar-refractivity contribution is 0.0997. The van der Waals surface area contributed by atoms with Gasteiger partial charge in [0.25, 0.3) is 5.91 Å². The van der Waals surface area contributed by atoms with Crippen LogP contribution >= 0.6 is 11.3 Å². The van der Waals surface area contributed by atoms with E-state index in [1.165, 1.54) is 23.2 Å². The molecule has 1 N–H and O–H groups in total. The molecule has 0 saturated heterocycles. The van der Waals surface area contributed by atoms with Crippen molar-refractivity contribution in [2.24, 2.45) is 4.99 Å². The number of carbonyl (C=O) groups is 1. The van der Waals surface area contributed by atoms with Crippen LogP contribution < -0.4 is 10.1 Å². The molecule has 0 fully saturated rings. The zero-order valence-corrected chi connectivity index (χ0v) is 18.5. The Morgan fingerprint density at radius 2 is 1.84 bits per heavy atom. The maximum absolute atomic E-state index is 12.8. The van der Waals surface area contributed by atoms with Crippen molar-refractivity contribution >= 4 is 27.9 Å². The number of unbranched alkanes of at least 4 members (excludes halogenated alkanes) is 1. The molecule has 4 aromatic rings. The largest absolute Gasteiger partial charge is 0.459 e. The van der Waals surface area contributed by atoms with Crippen molar-refractivity contribution in [3.63, 3.8) is 0 Å². The number of anilines is 1. The fourth-order valence-corrected chi connectivity index (χ4v) is 4.38. The van der Waals surface area contributed by atoms with E-state index in [1.54, 1.807) is 12.1 Å². The van der Waals surface area contributed by atoms with Crippen LogP contribution in [-0.4, -0.2) is 10.5 Å². The number of aromatic nitrogens is 1. The second-order valence-electron chi connectivity index (χ2n) is 7.31. The van der Waals surface area contributed by atoms with Crippen LogP contribution in [0.2, 0.25) is 0 Å². The van der Waals surface area contributed by atoms with E-state index in [9.17, 15) is 4.79 Å². The van der Waals surface area contributed by atoms with Crippen molar-refractivity contribution in [2.45, 2.75) is 33.2 Å². The Balaban J connectivity index is 1.88.